The van der Waals surface area contributed by atoms with Crippen LogP contribution in [0.25, 0.3) is 11.5 Å². The van der Waals surface area contributed by atoms with Crippen molar-refractivity contribution < 1.29 is 13.9 Å². The average Bonchev–Trinajstić information content (AvgIpc) is 2.79. The number of hydrogen-bond donors (Lipinski definition) is 0. The molecule has 2 rings (SSSR count). The molecule has 0 aliphatic carbocycles. The van der Waals surface area contributed by atoms with Gasteiger partial charge < -0.3 is 9.15 Å². The van der Waals surface area contributed by atoms with Crippen LogP contribution in [0.4, 0.5) is 0 Å². The third-order valence-corrected chi connectivity index (χ3v) is 2.78. The molecule has 4 nitrogen and oxygen atoms in total. The summed E-state index contributed by atoms with van der Waals surface area (Å²) >= 11 is 3.39. The number of hydrogen-bond acceptors (Lipinski definition) is 4. The van der Waals surface area contributed by atoms with Crippen LogP contribution in [0, 0.1) is 0 Å². The highest BCUT2D eigenvalue weighted by molar-refractivity contribution is 9.10. The third kappa shape index (κ3) is 2.55. The molecule has 0 unspecified atom stereocenters. The summed E-state index contributed by atoms with van der Waals surface area (Å²) < 4.78 is 10.9. The molecular weight excluding hydrogens is 286 g/mol. The van der Waals surface area contributed by atoms with Crippen molar-refractivity contribution in [3.05, 3.63) is 40.7 Å². The van der Waals surface area contributed by atoms with Crippen molar-refractivity contribution in [2.45, 2.75) is 6.92 Å². The molecule has 1 heterocycles. The monoisotopic (exact) mass is 295 g/mol. The molecule has 0 N–H and O–H groups in total. The molecule has 2 aromatic rings. The van der Waals surface area contributed by atoms with Gasteiger partial charge in [-0.25, -0.2) is 9.78 Å². The molecule has 1 aromatic carbocycles. The summed E-state index contributed by atoms with van der Waals surface area (Å²) in [7, 11) is 0. The fourth-order valence-corrected chi connectivity index (χ4v) is 1.79. The van der Waals surface area contributed by atoms with E-state index in [1.807, 2.05) is 24.3 Å². The van der Waals surface area contributed by atoms with E-state index in [1.165, 1.54) is 6.26 Å². The maximum absolute atomic E-state index is 11.4. The fraction of sp³-hybridized carbons (Fsp3) is 0.167. The van der Waals surface area contributed by atoms with Gasteiger partial charge in [-0.1, -0.05) is 12.1 Å². The second kappa shape index (κ2) is 5.14. The van der Waals surface area contributed by atoms with Crippen molar-refractivity contribution in [3.63, 3.8) is 0 Å². The number of carbonyl (C=O) groups is 1. The Hall–Kier alpha value is -1.62. The first-order valence-electron chi connectivity index (χ1n) is 5.10. The van der Waals surface area contributed by atoms with Gasteiger partial charge in [-0.2, -0.15) is 0 Å². The first-order valence-corrected chi connectivity index (χ1v) is 5.89. The summed E-state index contributed by atoms with van der Waals surface area (Å²) in [5.74, 6) is -0.0879. The van der Waals surface area contributed by atoms with Crippen LogP contribution in [0.15, 0.2) is 39.4 Å². The summed E-state index contributed by atoms with van der Waals surface area (Å²) in [5.41, 5.74) is 0.973. The largest absolute Gasteiger partial charge is 0.461 e. The van der Waals surface area contributed by atoms with E-state index in [2.05, 4.69) is 20.9 Å². The number of aromatic nitrogens is 1. The highest BCUT2D eigenvalue weighted by Gasteiger charge is 2.15. The first-order chi connectivity index (χ1) is 8.22. The Morgan fingerprint density at radius 3 is 2.94 bits per heavy atom. The Bertz CT molecular complexity index is 536. The van der Waals surface area contributed by atoms with Crippen LogP contribution in [0.1, 0.15) is 17.4 Å². The first kappa shape index (κ1) is 11.9. The Morgan fingerprint density at radius 2 is 2.24 bits per heavy atom. The fourth-order valence-electron chi connectivity index (χ4n) is 1.33. The minimum Gasteiger partial charge on any atom is -0.461 e. The molecule has 88 valence electrons. The standard InChI is InChI=1S/C12H10BrNO3/c1-2-16-12(15)10-7-17-11(14-10)8-5-3-4-6-9(8)13/h3-7H,2H2,1H3. The van der Waals surface area contributed by atoms with Gasteiger partial charge >= 0.3 is 5.97 Å². The van der Waals surface area contributed by atoms with Crippen LogP contribution in [-0.2, 0) is 4.74 Å². The molecule has 0 bridgehead atoms. The Kier molecular flexibility index (Phi) is 3.58. The number of carbonyl (C=O) groups excluding carboxylic acids is 1. The molecule has 5 heteroatoms. The van der Waals surface area contributed by atoms with Gasteiger partial charge in [0.15, 0.2) is 5.69 Å². The molecule has 0 amide bonds. The summed E-state index contributed by atoms with van der Waals surface area (Å²) in [6, 6.07) is 7.49. The normalized spacial score (nSPS) is 10.2. The molecule has 0 saturated carbocycles. The van der Waals surface area contributed by atoms with Crippen LogP contribution >= 0.6 is 15.9 Å². The van der Waals surface area contributed by atoms with Gasteiger partial charge in [0.1, 0.15) is 6.26 Å². The highest BCUT2D eigenvalue weighted by atomic mass is 79.9. The van der Waals surface area contributed by atoms with E-state index in [-0.39, 0.29) is 5.69 Å². The van der Waals surface area contributed by atoms with Crippen LogP contribution in [0.2, 0.25) is 0 Å². The maximum Gasteiger partial charge on any atom is 0.360 e. The van der Waals surface area contributed by atoms with Gasteiger partial charge in [0.05, 0.1) is 12.2 Å². The van der Waals surface area contributed by atoms with Crippen LogP contribution in [0.5, 0.6) is 0 Å². The maximum atomic E-state index is 11.4. The van der Waals surface area contributed by atoms with E-state index in [0.717, 1.165) is 10.0 Å². The molecule has 0 aliphatic rings. The molecule has 0 spiro atoms. The lowest BCUT2D eigenvalue weighted by molar-refractivity contribution is 0.0519. The molecule has 0 radical (unpaired) electrons. The van der Waals surface area contributed by atoms with Gasteiger partial charge in [0.2, 0.25) is 5.89 Å². The summed E-state index contributed by atoms with van der Waals surface area (Å²) in [6.45, 7) is 2.06. The molecule has 0 atom stereocenters. The number of benzene rings is 1. The van der Waals surface area contributed by atoms with Gasteiger partial charge in [0.25, 0.3) is 0 Å². The third-order valence-electron chi connectivity index (χ3n) is 2.09. The molecular formula is C12H10BrNO3. The molecule has 1 aromatic heterocycles. The smallest absolute Gasteiger partial charge is 0.360 e. The van der Waals surface area contributed by atoms with Gasteiger partial charge in [0, 0.05) is 4.47 Å². The van der Waals surface area contributed by atoms with Crippen molar-refractivity contribution >= 4 is 21.9 Å². The van der Waals surface area contributed by atoms with Gasteiger partial charge in [-0.15, -0.1) is 0 Å². The molecule has 0 saturated heterocycles. The van der Waals surface area contributed by atoms with Crippen molar-refractivity contribution in [1.29, 1.82) is 0 Å². The Morgan fingerprint density at radius 1 is 1.47 bits per heavy atom. The molecule has 17 heavy (non-hydrogen) atoms. The van der Waals surface area contributed by atoms with Gasteiger partial charge in [-0.3, -0.25) is 0 Å². The van der Waals surface area contributed by atoms with Gasteiger partial charge in [-0.05, 0) is 35.0 Å². The number of rotatable bonds is 3. The predicted molar refractivity (Wildman–Crippen MR) is 65.6 cm³/mol. The second-order valence-corrected chi connectivity index (χ2v) is 4.09. The van der Waals surface area contributed by atoms with Crippen molar-refractivity contribution in [1.82, 2.24) is 4.98 Å². The number of halogens is 1. The summed E-state index contributed by atoms with van der Waals surface area (Å²) in [5, 5.41) is 0. The van der Waals surface area contributed by atoms with E-state index in [9.17, 15) is 4.79 Å². The minimum absolute atomic E-state index is 0.178. The minimum atomic E-state index is -0.477. The lowest BCUT2D eigenvalue weighted by atomic mass is 10.2. The van der Waals surface area contributed by atoms with E-state index < -0.39 is 5.97 Å². The van der Waals surface area contributed by atoms with E-state index in [4.69, 9.17) is 9.15 Å². The van der Waals surface area contributed by atoms with E-state index in [0.29, 0.717) is 12.5 Å². The second-order valence-electron chi connectivity index (χ2n) is 3.24. The van der Waals surface area contributed by atoms with Crippen molar-refractivity contribution in [3.8, 4) is 11.5 Å². The number of ether oxygens (including phenoxy) is 1. The quantitative estimate of drug-likeness (QED) is 0.816. The van der Waals surface area contributed by atoms with Crippen LogP contribution in [0.3, 0.4) is 0 Å². The van der Waals surface area contributed by atoms with Crippen LogP contribution < -0.4 is 0 Å². The molecule has 0 fully saturated rings. The number of esters is 1. The molecule has 0 aliphatic heterocycles. The zero-order valence-electron chi connectivity index (χ0n) is 9.14. The number of oxazole rings is 1. The lowest BCUT2D eigenvalue weighted by Gasteiger charge is -1.97. The average molecular weight is 296 g/mol. The van der Waals surface area contributed by atoms with Crippen molar-refractivity contribution in [2.24, 2.45) is 0 Å². The SMILES string of the molecule is CCOC(=O)c1coc(-c2ccccc2Br)n1. The Labute approximate surface area is 107 Å². The van der Waals surface area contributed by atoms with E-state index >= 15 is 0 Å². The van der Waals surface area contributed by atoms with Crippen LogP contribution in [-0.4, -0.2) is 17.6 Å². The van der Waals surface area contributed by atoms with Crippen molar-refractivity contribution in [2.75, 3.05) is 6.61 Å². The Balaban J connectivity index is 2.30. The lowest BCUT2D eigenvalue weighted by Crippen LogP contribution is -2.04. The highest BCUT2D eigenvalue weighted by Crippen LogP contribution is 2.27. The zero-order valence-corrected chi connectivity index (χ0v) is 10.7. The zero-order chi connectivity index (χ0) is 12.3. The topological polar surface area (TPSA) is 52.3 Å². The predicted octanol–water partition coefficient (Wildman–Crippen LogP) is 3.28. The summed E-state index contributed by atoms with van der Waals surface area (Å²) in [4.78, 5) is 15.5. The van der Waals surface area contributed by atoms with E-state index in [1.54, 1.807) is 6.92 Å². The number of nitrogens with zero attached hydrogens (tertiary/aromatic N) is 1. The summed E-state index contributed by atoms with van der Waals surface area (Å²) in [6.07, 6.45) is 1.30.